The van der Waals surface area contributed by atoms with Gasteiger partial charge in [0.15, 0.2) is 0 Å². The zero-order chi connectivity index (χ0) is 13.0. The van der Waals surface area contributed by atoms with Crippen molar-refractivity contribution in [2.45, 2.75) is 38.8 Å². The molecule has 4 heteroatoms. The van der Waals surface area contributed by atoms with Gasteiger partial charge in [-0.05, 0) is 31.9 Å². The summed E-state index contributed by atoms with van der Waals surface area (Å²) < 4.78 is 2.17. The molecule has 0 aliphatic heterocycles. The molecule has 0 aliphatic carbocycles. The average molecular weight is 267 g/mol. The van der Waals surface area contributed by atoms with Crippen LogP contribution in [-0.2, 0) is 13.0 Å². The van der Waals surface area contributed by atoms with Crippen LogP contribution in [-0.4, -0.2) is 26.6 Å². The Balaban J connectivity index is 2.21. The van der Waals surface area contributed by atoms with Gasteiger partial charge >= 0.3 is 0 Å². The van der Waals surface area contributed by atoms with E-state index in [1.807, 2.05) is 18.2 Å². The van der Waals surface area contributed by atoms with Crippen LogP contribution in [0.5, 0.6) is 0 Å². The van der Waals surface area contributed by atoms with Crippen LogP contribution >= 0.6 is 11.6 Å². The zero-order valence-electron chi connectivity index (χ0n) is 10.6. The second kappa shape index (κ2) is 6.21. The van der Waals surface area contributed by atoms with Gasteiger partial charge in [-0.25, -0.2) is 4.98 Å². The van der Waals surface area contributed by atoms with Crippen LogP contribution in [0.2, 0.25) is 0 Å². The maximum absolute atomic E-state index is 9.97. The Morgan fingerprint density at radius 2 is 2.17 bits per heavy atom. The molecular weight excluding hydrogens is 248 g/mol. The third-order valence-corrected chi connectivity index (χ3v) is 3.41. The molecule has 2 aromatic rings. The minimum Gasteiger partial charge on any atom is -0.393 e. The summed E-state index contributed by atoms with van der Waals surface area (Å²) in [4.78, 5) is 4.60. The lowest BCUT2D eigenvalue weighted by Gasteiger charge is -2.10. The number of imidazole rings is 1. The molecule has 3 nitrogen and oxygen atoms in total. The summed E-state index contributed by atoms with van der Waals surface area (Å²) in [7, 11) is 0. The molecule has 18 heavy (non-hydrogen) atoms. The summed E-state index contributed by atoms with van der Waals surface area (Å²) in [5, 5.41) is 9.97. The van der Waals surface area contributed by atoms with E-state index in [1.165, 1.54) is 0 Å². The summed E-state index contributed by atoms with van der Waals surface area (Å²) in [5.41, 5.74) is 2.14. The molecule has 1 aromatic carbocycles. The maximum atomic E-state index is 9.97. The molecule has 1 heterocycles. The number of hydrogen-bond acceptors (Lipinski definition) is 2. The number of fused-ring (bicyclic) bond motifs is 1. The van der Waals surface area contributed by atoms with Crippen LogP contribution in [0.3, 0.4) is 0 Å². The first-order chi connectivity index (χ1) is 8.76. The Labute approximate surface area is 112 Å². The van der Waals surface area contributed by atoms with Gasteiger partial charge in [0.1, 0.15) is 5.82 Å². The molecule has 0 amide bonds. The monoisotopic (exact) mass is 266 g/mol. The molecule has 0 fully saturated rings. The van der Waals surface area contributed by atoms with Crippen LogP contribution in [0.15, 0.2) is 24.3 Å². The van der Waals surface area contributed by atoms with Gasteiger partial charge in [0, 0.05) is 18.8 Å². The van der Waals surface area contributed by atoms with E-state index in [0.717, 1.165) is 36.2 Å². The van der Waals surface area contributed by atoms with Crippen molar-refractivity contribution in [3.05, 3.63) is 30.1 Å². The summed E-state index contributed by atoms with van der Waals surface area (Å²) >= 11 is 5.64. The summed E-state index contributed by atoms with van der Waals surface area (Å²) in [5.74, 6) is 1.56. The molecule has 0 bridgehead atoms. The molecule has 0 saturated heterocycles. The van der Waals surface area contributed by atoms with Crippen LogP contribution in [0.4, 0.5) is 0 Å². The molecule has 1 aromatic heterocycles. The number of hydrogen-bond donors (Lipinski definition) is 1. The molecule has 1 unspecified atom stereocenters. The summed E-state index contributed by atoms with van der Waals surface area (Å²) in [6.45, 7) is 2.97. The Kier molecular flexibility index (Phi) is 4.61. The maximum Gasteiger partial charge on any atom is 0.112 e. The molecule has 0 spiro atoms. The third-order valence-electron chi connectivity index (χ3n) is 3.14. The standard InChI is InChI=1S/C14H19ClN2O/c1-2-17-13-8-4-3-7-12(13)16-14(17)10-11(18)6-5-9-15/h3-4,7-8,11,18H,2,5-6,9-10H2,1H3. The van der Waals surface area contributed by atoms with Crippen molar-refractivity contribution >= 4 is 22.6 Å². The van der Waals surface area contributed by atoms with Gasteiger partial charge in [0.2, 0.25) is 0 Å². The van der Waals surface area contributed by atoms with Gasteiger partial charge in [-0.15, -0.1) is 11.6 Å². The second-order valence-corrected chi connectivity index (χ2v) is 4.83. The lowest BCUT2D eigenvalue weighted by molar-refractivity contribution is 0.160. The van der Waals surface area contributed by atoms with Crippen LogP contribution in [0.1, 0.15) is 25.6 Å². The first-order valence-electron chi connectivity index (χ1n) is 6.44. The zero-order valence-corrected chi connectivity index (χ0v) is 11.4. The molecule has 1 N–H and O–H groups in total. The molecule has 0 radical (unpaired) electrons. The Morgan fingerprint density at radius 3 is 2.89 bits per heavy atom. The van der Waals surface area contributed by atoms with E-state index in [0.29, 0.717) is 12.3 Å². The number of benzene rings is 1. The minimum atomic E-state index is -0.356. The minimum absolute atomic E-state index is 0.356. The summed E-state index contributed by atoms with van der Waals surface area (Å²) in [6, 6.07) is 8.09. The molecule has 1 atom stereocenters. The Hall–Kier alpha value is -1.06. The number of halogens is 1. The highest BCUT2D eigenvalue weighted by Gasteiger charge is 2.13. The molecule has 98 valence electrons. The predicted octanol–water partition coefficient (Wildman–Crippen LogP) is 2.98. The van der Waals surface area contributed by atoms with E-state index in [9.17, 15) is 5.11 Å². The smallest absolute Gasteiger partial charge is 0.112 e. The van der Waals surface area contributed by atoms with Gasteiger partial charge < -0.3 is 9.67 Å². The van der Waals surface area contributed by atoms with E-state index >= 15 is 0 Å². The number of nitrogens with zero attached hydrogens (tertiary/aromatic N) is 2. The first-order valence-corrected chi connectivity index (χ1v) is 6.98. The average Bonchev–Trinajstić information content (AvgIpc) is 2.73. The molecule has 2 rings (SSSR count). The van der Waals surface area contributed by atoms with Crippen molar-refractivity contribution in [3.63, 3.8) is 0 Å². The number of aromatic nitrogens is 2. The van der Waals surface area contributed by atoms with Crippen molar-refractivity contribution in [1.29, 1.82) is 0 Å². The topological polar surface area (TPSA) is 38.0 Å². The van der Waals surface area contributed by atoms with Gasteiger partial charge in [0.05, 0.1) is 17.1 Å². The van der Waals surface area contributed by atoms with Crippen molar-refractivity contribution in [1.82, 2.24) is 9.55 Å². The number of rotatable bonds is 6. The van der Waals surface area contributed by atoms with Crippen molar-refractivity contribution in [2.24, 2.45) is 0 Å². The van der Waals surface area contributed by atoms with E-state index in [4.69, 9.17) is 11.6 Å². The number of alkyl halides is 1. The van der Waals surface area contributed by atoms with E-state index in [1.54, 1.807) is 0 Å². The number of aryl methyl sites for hydroxylation is 1. The largest absolute Gasteiger partial charge is 0.393 e. The highest BCUT2D eigenvalue weighted by molar-refractivity contribution is 6.17. The van der Waals surface area contributed by atoms with Crippen molar-refractivity contribution < 1.29 is 5.11 Å². The van der Waals surface area contributed by atoms with Gasteiger partial charge in [-0.3, -0.25) is 0 Å². The normalized spacial score (nSPS) is 13.1. The van der Waals surface area contributed by atoms with Gasteiger partial charge in [0.25, 0.3) is 0 Å². The molecule has 0 saturated carbocycles. The summed E-state index contributed by atoms with van der Waals surface area (Å²) in [6.07, 6.45) is 1.82. The van der Waals surface area contributed by atoms with Crippen molar-refractivity contribution in [2.75, 3.05) is 5.88 Å². The van der Waals surface area contributed by atoms with Crippen LogP contribution < -0.4 is 0 Å². The lowest BCUT2D eigenvalue weighted by atomic mass is 10.1. The predicted molar refractivity (Wildman–Crippen MR) is 75.1 cm³/mol. The Bertz CT molecular complexity index is 509. The second-order valence-electron chi connectivity index (χ2n) is 4.45. The fourth-order valence-electron chi connectivity index (χ4n) is 2.26. The lowest BCUT2D eigenvalue weighted by Crippen LogP contribution is -2.14. The fourth-order valence-corrected chi connectivity index (χ4v) is 2.41. The van der Waals surface area contributed by atoms with E-state index < -0.39 is 0 Å². The van der Waals surface area contributed by atoms with Crippen LogP contribution in [0.25, 0.3) is 11.0 Å². The molecular formula is C14H19ClN2O. The highest BCUT2D eigenvalue weighted by Crippen LogP contribution is 2.17. The van der Waals surface area contributed by atoms with Crippen LogP contribution in [0, 0.1) is 0 Å². The first kappa shape index (κ1) is 13.4. The number of aliphatic hydroxyl groups excluding tert-OH is 1. The number of aliphatic hydroxyl groups is 1. The van der Waals surface area contributed by atoms with Gasteiger partial charge in [-0.2, -0.15) is 0 Å². The fraction of sp³-hybridized carbons (Fsp3) is 0.500. The van der Waals surface area contributed by atoms with E-state index in [-0.39, 0.29) is 6.10 Å². The highest BCUT2D eigenvalue weighted by atomic mass is 35.5. The number of para-hydroxylation sites is 2. The van der Waals surface area contributed by atoms with Gasteiger partial charge in [-0.1, -0.05) is 12.1 Å². The van der Waals surface area contributed by atoms with E-state index in [2.05, 4.69) is 22.5 Å². The van der Waals surface area contributed by atoms with Crippen molar-refractivity contribution in [3.8, 4) is 0 Å². The quantitative estimate of drug-likeness (QED) is 0.817. The third kappa shape index (κ3) is 2.85. The molecule has 0 aliphatic rings. The SMILES string of the molecule is CCn1c(CC(O)CCCCl)nc2ccccc21. The Morgan fingerprint density at radius 1 is 1.39 bits per heavy atom.